The number of rotatable bonds is 5. The molecule has 0 amide bonds. The lowest BCUT2D eigenvalue weighted by molar-refractivity contribution is 0.155. The van der Waals surface area contributed by atoms with Gasteiger partial charge in [-0.15, -0.1) is 0 Å². The van der Waals surface area contributed by atoms with E-state index in [2.05, 4.69) is 5.10 Å². The molecule has 0 spiro atoms. The summed E-state index contributed by atoms with van der Waals surface area (Å²) in [5.74, 6) is 0. The van der Waals surface area contributed by atoms with Crippen molar-refractivity contribution >= 4 is 0 Å². The molecule has 13 heavy (non-hydrogen) atoms. The van der Waals surface area contributed by atoms with Gasteiger partial charge >= 0.3 is 0 Å². The largest absolute Gasteiger partial charge is 0.393 e. The predicted octanol–water partition coefficient (Wildman–Crippen LogP) is 1.74. The molecule has 0 saturated heterocycles. The Hall–Kier alpha value is -0.830. The van der Waals surface area contributed by atoms with Crippen LogP contribution in [0.15, 0.2) is 12.3 Å². The lowest BCUT2D eigenvalue weighted by atomic mass is 10.1. The first-order chi connectivity index (χ1) is 6.22. The van der Waals surface area contributed by atoms with Crippen molar-refractivity contribution in [2.75, 3.05) is 0 Å². The Kier molecular flexibility index (Phi) is 3.96. The second-order valence-electron chi connectivity index (χ2n) is 3.42. The van der Waals surface area contributed by atoms with Crippen molar-refractivity contribution in [1.29, 1.82) is 0 Å². The van der Waals surface area contributed by atoms with Gasteiger partial charge in [-0.05, 0) is 32.3 Å². The molecule has 1 rings (SSSR count). The van der Waals surface area contributed by atoms with Crippen molar-refractivity contribution in [3.63, 3.8) is 0 Å². The minimum absolute atomic E-state index is 0.142. The Labute approximate surface area is 79.4 Å². The van der Waals surface area contributed by atoms with Gasteiger partial charge in [-0.2, -0.15) is 5.10 Å². The molecular weight excluding hydrogens is 164 g/mol. The summed E-state index contributed by atoms with van der Waals surface area (Å²) in [4.78, 5) is 0. The molecule has 1 N–H and O–H groups in total. The van der Waals surface area contributed by atoms with Gasteiger partial charge in [-0.1, -0.05) is 6.92 Å². The zero-order chi connectivity index (χ0) is 9.68. The molecule has 0 aliphatic rings. The van der Waals surface area contributed by atoms with Gasteiger partial charge in [0.1, 0.15) is 0 Å². The Morgan fingerprint density at radius 3 is 2.92 bits per heavy atom. The summed E-state index contributed by atoms with van der Waals surface area (Å²) < 4.78 is 1.93. The summed E-state index contributed by atoms with van der Waals surface area (Å²) in [6.07, 6.45) is 4.55. The zero-order valence-corrected chi connectivity index (χ0v) is 8.40. The molecule has 1 heterocycles. The Bertz CT molecular complexity index is 245. The van der Waals surface area contributed by atoms with E-state index < -0.39 is 0 Å². The van der Waals surface area contributed by atoms with Gasteiger partial charge in [0.15, 0.2) is 0 Å². The molecule has 1 aromatic rings. The molecule has 1 unspecified atom stereocenters. The predicted molar refractivity (Wildman–Crippen MR) is 52.5 cm³/mol. The molecule has 1 aromatic heterocycles. The molecule has 0 radical (unpaired) electrons. The van der Waals surface area contributed by atoms with E-state index in [-0.39, 0.29) is 6.10 Å². The third kappa shape index (κ3) is 3.59. The summed E-state index contributed by atoms with van der Waals surface area (Å²) in [6, 6.07) is 2.00. The maximum absolute atomic E-state index is 9.31. The van der Waals surface area contributed by atoms with Crippen LogP contribution >= 0.6 is 0 Å². The van der Waals surface area contributed by atoms with Crippen LogP contribution in [0.3, 0.4) is 0 Å². The fourth-order valence-electron chi connectivity index (χ4n) is 1.28. The van der Waals surface area contributed by atoms with Gasteiger partial charge in [-0.25, -0.2) is 0 Å². The highest BCUT2D eigenvalue weighted by Gasteiger charge is 2.00. The molecule has 0 fully saturated rings. The molecule has 0 aliphatic heterocycles. The molecular formula is C10H18N2O. The Morgan fingerprint density at radius 1 is 1.62 bits per heavy atom. The fraction of sp³-hybridized carbons (Fsp3) is 0.700. The van der Waals surface area contributed by atoms with Crippen LogP contribution < -0.4 is 0 Å². The van der Waals surface area contributed by atoms with Crippen LogP contribution in [0, 0.1) is 6.92 Å². The van der Waals surface area contributed by atoms with Gasteiger partial charge in [0.2, 0.25) is 0 Å². The smallest absolute Gasteiger partial charge is 0.0593 e. The monoisotopic (exact) mass is 182 g/mol. The summed E-state index contributed by atoms with van der Waals surface area (Å²) >= 11 is 0. The van der Waals surface area contributed by atoms with Crippen molar-refractivity contribution in [3.8, 4) is 0 Å². The van der Waals surface area contributed by atoms with Crippen LogP contribution in [-0.2, 0) is 6.54 Å². The lowest BCUT2D eigenvalue weighted by Crippen LogP contribution is -2.07. The number of aliphatic hydroxyl groups is 1. The normalized spacial score (nSPS) is 13.2. The molecule has 0 bridgehead atoms. The molecule has 1 atom stereocenters. The molecule has 3 nitrogen and oxygen atoms in total. The first-order valence-electron chi connectivity index (χ1n) is 4.90. The summed E-state index contributed by atoms with van der Waals surface area (Å²) in [7, 11) is 0. The number of aliphatic hydroxyl groups excluding tert-OH is 1. The molecule has 0 saturated carbocycles. The van der Waals surface area contributed by atoms with Crippen LogP contribution in [0.1, 0.15) is 31.9 Å². The van der Waals surface area contributed by atoms with Gasteiger partial charge in [0.25, 0.3) is 0 Å². The first-order valence-corrected chi connectivity index (χ1v) is 4.90. The van der Waals surface area contributed by atoms with Crippen molar-refractivity contribution in [1.82, 2.24) is 9.78 Å². The Balaban J connectivity index is 2.20. The van der Waals surface area contributed by atoms with Crippen LogP contribution in [0.25, 0.3) is 0 Å². The van der Waals surface area contributed by atoms with E-state index >= 15 is 0 Å². The number of hydrogen-bond donors (Lipinski definition) is 1. The standard InChI is InChI=1S/C10H18N2O/c1-3-10(13)5-4-7-12-8-6-9(2)11-12/h6,8,10,13H,3-5,7H2,1-2H3. The Morgan fingerprint density at radius 2 is 2.38 bits per heavy atom. The second kappa shape index (κ2) is 5.02. The molecule has 0 aliphatic carbocycles. The first kappa shape index (κ1) is 10.3. The average Bonchev–Trinajstić information content (AvgIpc) is 2.51. The quantitative estimate of drug-likeness (QED) is 0.753. The minimum atomic E-state index is -0.142. The fourth-order valence-corrected chi connectivity index (χ4v) is 1.28. The minimum Gasteiger partial charge on any atom is -0.393 e. The summed E-state index contributed by atoms with van der Waals surface area (Å²) in [6.45, 7) is 4.89. The van der Waals surface area contributed by atoms with E-state index in [4.69, 9.17) is 0 Å². The zero-order valence-electron chi connectivity index (χ0n) is 8.40. The van der Waals surface area contributed by atoms with E-state index in [0.717, 1.165) is 31.5 Å². The number of nitrogens with zero attached hydrogens (tertiary/aromatic N) is 2. The maximum Gasteiger partial charge on any atom is 0.0593 e. The van der Waals surface area contributed by atoms with E-state index in [1.807, 2.05) is 30.8 Å². The van der Waals surface area contributed by atoms with E-state index in [9.17, 15) is 5.11 Å². The lowest BCUT2D eigenvalue weighted by Gasteiger charge is -2.06. The topological polar surface area (TPSA) is 38.0 Å². The molecule has 74 valence electrons. The average molecular weight is 182 g/mol. The van der Waals surface area contributed by atoms with Crippen LogP contribution in [0.4, 0.5) is 0 Å². The highest BCUT2D eigenvalue weighted by Crippen LogP contribution is 2.03. The summed E-state index contributed by atoms with van der Waals surface area (Å²) in [5, 5.41) is 13.6. The highest BCUT2D eigenvalue weighted by molar-refractivity contribution is 4.94. The third-order valence-electron chi connectivity index (χ3n) is 2.17. The highest BCUT2D eigenvalue weighted by atomic mass is 16.3. The van der Waals surface area contributed by atoms with Crippen LogP contribution in [0.2, 0.25) is 0 Å². The van der Waals surface area contributed by atoms with Gasteiger partial charge in [0.05, 0.1) is 11.8 Å². The van der Waals surface area contributed by atoms with E-state index in [1.165, 1.54) is 0 Å². The number of aromatic nitrogens is 2. The third-order valence-corrected chi connectivity index (χ3v) is 2.17. The van der Waals surface area contributed by atoms with Gasteiger partial charge in [0, 0.05) is 12.7 Å². The van der Waals surface area contributed by atoms with Gasteiger partial charge in [-0.3, -0.25) is 4.68 Å². The molecule has 0 aromatic carbocycles. The number of aryl methyl sites for hydroxylation is 2. The van der Waals surface area contributed by atoms with Crippen molar-refractivity contribution in [3.05, 3.63) is 18.0 Å². The second-order valence-corrected chi connectivity index (χ2v) is 3.42. The van der Waals surface area contributed by atoms with Crippen LogP contribution in [0.5, 0.6) is 0 Å². The SMILES string of the molecule is CCC(O)CCCn1ccc(C)n1. The van der Waals surface area contributed by atoms with Crippen molar-refractivity contribution in [2.24, 2.45) is 0 Å². The molecule has 3 heteroatoms. The number of hydrogen-bond acceptors (Lipinski definition) is 2. The van der Waals surface area contributed by atoms with E-state index in [0.29, 0.717) is 0 Å². The van der Waals surface area contributed by atoms with Crippen molar-refractivity contribution < 1.29 is 5.11 Å². The van der Waals surface area contributed by atoms with Crippen molar-refractivity contribution in [2.45, 2.75) is 45.8 Å². The maximum atomic E-state index is 9.31. The van der Waals surface area contributed by atoms with Crippen LogP contribution in [-0.4, -0.2) is 21.0 Å². The van der Waals surface area contributed by atoms with Gasteiger partial charge < -0.3 is 5.11 Å². The van der Waals surface area contributed by atoms with E-state index in [1.54, 1.807) is 0 Å². The summed E-state index contributed by atoms with van der Waals surface area (Å²) in [5.41, 5.74) is 1.05.